The molecule has 0 aliphatic rings. The van der Waals surface area contributed by atoms with E-state index in [4.69, 9.17) is 9.72 Å². The van der Waals surface area contributed by atoms with E-state index in [-0.39, 0.29) is 0 Å². The Morgan fingerprint density at radius 2 is 2.08 bits per heavy atom. The Bertz CT molecular complexity index is 1080. The quantitative estimate of drug-likeness (QED) is 0.573. The minimum Gasteiger partial charge on any atom is -0.465 e. The van der Waals surface area contributed by atoms with Crippen LogP contribution in [-0.4, -0.2) is 37.8 Å². The summed E-state index contributed by atoms with van der Waals surface area (Å²) in [6.07, 6.45) is 3.24. The molecular weight excluding hydrogens is 330 g/mol. The number of carbonyl (C=O) groups excluding carboxylic acids is 1. The molecule has 0 aliphatic carbocycles. The van der Waals surface area contributed by atoms with Crippen molar-refractivity contribution in [3.63, 3.8) is 0 Å². The van der Waals surface area contributed by atoms with Gasteiger partial charge < -0.3 is 9.30 Å². The van der Waals surface area contributed by atoms with Crippen LogP contribution in [0, 0.1) is 0 Å². The molecule has 0 atom stereocenters. The lowest BCUT2D eigenvalue weighted by Crippen LogP contribution is -2.03. The van der Waals surface area contributed by atoms with Crippen molar-refractivity contribution in [2.75, 3.05) is 7.11 Å². The summed E-state index contributed by atoms with van der Waals surface area (Å²) >= 11 is 0. The summed E-state index contributed by atoms with van der Waals surface area (Å²) in [6.45, 7) is 2.75. The minimum absolute atomic E-state index is 0.388. The third-order valence-electron chi connectivity index (χ3n) is 4.25. The molecule has 4 rings (SSSR count). The number of hydrogen-bond acceptors (Lipinski definition) is 5. The van der Waals surface area contributed by atoms with Crippen LogP contribution in [0.2, 0.25) is 0 Å². The average molecular weight is 347 g/mol. The first-order valence-electron chi connectivity index (χ1n) is 8.26. The van der Waals surface area contributed by atoms with E-state index in [0.29, 0.717) is 17.6 Å². The van der Waals surface area contributed by atoms with Gasteiger partial charge in [-0.3, -0.25) is 5.10 Å². The Morgan fingerprint density at radius 1 is 1.23 bits per heavy atom. The van der Waals surface area contributed by atoms with Crippen LogP contribution in [-0.2, 0) is 11.3 Å². The maximum absolute atomic E-state index is 11.8. The lowest BCUT2D eigenvalue weighted by molar-refractivity contribution is 0.0600. The van der Waals surface area contributed by atoms with Crippen LogP contribution in [0.1, 0.15) is 17.3 Å². The molecule has 7 nitrogen and oxygen atoms in total. The van der Waals surface area contributed by atoms with E-state index in [0.717, 1.165) is 28.3 Å². The lowest BCUT2D eigenvalue weighted by Gasteiger charge is -2.07. The molecule has 1 N–H and O–H groups in total. The summed E-state index contributed by atoms with van der Waals surface area (Å²) in [6, 6.07) is 11.7. The van der Waals surface area contributed by atoms with Gasteiger partial charge in [-0.1, -0.05) is 18.2 Å². The molecule has 0 bridgehead atoms. The maximum Gasteiger partial charge on any atom is 0.339 e. The third-order valence-corrected chi connectivity index (χ3v) is 4.25. The smallest absolute Gasteiger partial charge is 0.339 e. The topological polar surface area (TPSA) is 85.7 Å². The van der Waals surface area contributed by atoms with Crippen LogP contribution in [0.5, 0.6) is 0 Å². The van der Waals surface area contributed by atoms with E-state index in [2.05, 4.69) is 21.2 Å². The van der Waals surface area contributed by atoms with Gasteiger partial charge in [-0.25, -0.2) is 14.8 Å². The number of aromatic amines is 1. The highest BCUT2D eigenvalue weighted by atomic mass is 16.5. The van der Waals surface area contributed by atoms with Crippen molar-refractivity contribution in [3.8, 4) is 22.6 Å². The van der Waals surface area contributed by atoms with Crippen molar-refractivity contribution in [2.24, 2.45) is 0 Å². The van der Waals surface area contributed by atoms with Gasteiger partial charge in [0, 0.05) is 30.1 Å². The van der Waals surface area contributed by atoms with Crippen molar-refractivity contribution >= 4 is 17.1 Å². The third kappa shape index (κ3) is 2.63. The number of esters is 1. The Kier molecular flexibility index (Phi) is 3.96. The van der Waals surface area contributed by atoms with Crippen LogP contribution in [0.4, 0.5) is 0 Å². The van der Waals surface area contributed by atoms with Crippen molar-refractivity contribution in [1.82, 2.24) is 24.7 Å². The van der Waals surface area contributed by atoms with Crippen LogP contribution in [0.3, 0.4) is 0 Å². The molecule has 1 aromatic carbocycles. The van der Waals surface area contributed by atoms with Crippen molar-refractivity contribution in [1.29, 1.82) is 0 Å². The zero-order valence-electron chi connectivity index (χ0n) is 14.4. The summed E-state index contributed by atoms with van der Waals surface area (Å²) in [5, 5.41) is 6.98. The first-order chi connectivity index (χ1) is 12.7. The molecule has 3 aromatic heterocycles. The number of aryl methyl sites for hydroxylation is 1. The molecule has 0 fully saturated rings. The van der Waals surface area contributed by atoms with Gasteiger partial charge in [-0.05, 0) is 25.1 Å². The first kappa shape index (κ1) is 16.0. The van der Waals surface area contributed by atoms with E-state index in [9.17, 15) is 4.79 Å². The second-order valence-corrected chi connectivity index (χ2v) is 5.79. The molecule has 3 heterocycles. The number of H-pyrrole nitrogens is 1. The number of ether oxygens (including phenoxy) is 1. The molecule has 0 radical (unpaired) electrons. The van der Waals surface area contributed by atoms with Crippen molar-refractivity contribution in [2.45, 2.75) is 13.5 Å². The van der Waals surface area contributed by atoms with Gasteiger partial charge >= 0.3 is 5.97 Å². The SMILES string of the molecule is CCn1c(-c2cccc(-c3ccn[nH]3)c2)nc2cc(C(=O)OC)cnc21. The number of nitrogens with one attached hydrogen (secondary N) is 1. The summed E-state index contributed by atoms with van der Waals surface area (Å²) < 4.78 is 6.80. The Labute approximate surface area is 149 Å². The molecule has 0 spiro atoms. The van der Waals surface area contributed by atoms with E-state index >= 15 is 0 Å². The predicted octanol–water partition coefficient (Wildman–Crippen LogP) is 3.29. The number of methoxy groups -OCH3 is 1. The van der Waals surface area contributed by atoms with Crippen molar-refractivity contribution < 1.29 is 9.53 Å². The molecule has 4 aromatic rings. The number of aromatic nitrogens is 5. The minimum atomic E-state index is -0.423. The number of nitrogens with zero attached hydrogens (tertiary/aromatic N) is 4. The van der Waals surface area contributed by atoms with Gasteiger partial charge in [-0.2, -0.15) is 5.10 Å². The monoisotopic (exact) mass is 347 g/mol. The second kappa shape index (κ2) is 6.44. The maximum atomic E-state index is 11.8. The van der Waals surface area contributed by atoms with E-state index in [1.807, 2.05) is 35.8 Å². The van der Waals surface area contributed by atoms with Gasteiger partial charge in [0.15, 0.2) is 5.65 Å². The van der Waals surface area contributed by atoms with Gasteiger partial charge in [0.05, 0.1) is 18.4 Å². The average Bonchev–Trinajstić information content (AvgIpc) is 3.34. The highest BCUT2D eigenvalue weighted by molar-refractivity contribution is 5.92. The summed E-state index contributed by atoms with van der Waals surface area (Å²) in [5.41, 5.74) is 4.73. The van der Waals surface area contributed by atoms with Gasteiger partial charge in [0.1, 0.15) is 11.3 Å². The van der Waals surface area contributed by atoms with Crippen LogP contribution >= 0.6 is 0 Å². The van der Waals surface area contributed by atoms with Gasteiger partial charge in [0.2, 0.25) is 0 Å². The number of carbonyl (C=O) groups is 1. The molecule has 7 heteroatoms. The van der Waals surface area contributed by atoms with Crippen LogP contribution in [0.15, 0.2) is 48.8 Å². The molecule has 0 saturated carbocycles. The largest absolute Gasteiger partial charge is 0.465 e. The molecule has 26 heavy (non-hydrogen) atoms. The zero-order valence-corrected chi connectivity index (χ0v) is 14.4. The molecule has 0 amide bonds. The fraction of sp³-hybridized carbons (Fsp3) is 0.158. The van der Waals surface area contributed by atoms with E-state index < -0.39 is 5.97 Å². The molecular formula is C19H17N5O2. The lowest BCUT2D eigenvalue weighted by atomic mass is 10.1. The van der Waals surface area contributed by atoms with Crippen molar-refractivity contribution in [3.05, 3.63) is 54.4 Å². The summed E-state index contributed by atoms with van der Waals surface area (Å²) in [5.74, 6) is 0.381. The number of imidazole rings is 1. The number of fused-ring (bicyclic) bond motifs is 1. The summed E-state index contributed by atoms with van der Waals surface area (Å²) in [7, 11) is 1.35. The second-order valence-electron chi connectivity index (χ2n) is 5.79. The highest BCUT2D eigenvalue weighted by Crippen LogP contribution is 2.27. The number of hydrogen-bond donors (Lipinski definition) is 1. The normalized spacial score (nSPS) is 11.0. The van der Waals surface area contributed by atoms with E-state index in [1.165, 1.54) is 13.3 Å². The predicted molar refractivity (Wildman–Crippen MR) is 97.6 cm³/mol. The fourth-order valence-corrected chi connectivity index (χ4v) is 3.00. The Morgan fingerprint density at radius 3 is 2.81 bits per heavy atom. The van der Waals surface area contributed by atoms with Gasteiger partial charge in [-0.15, -0.1) is 0 Å². The van der Waals surface area contributed by atoms with Crippen LogP contribution in [0.25, 0.3) is 33.8 Å². The molecule has 0 aliphatic heterocycles. The molecule has 0 saturated heterocycles. The van der Waals surface area contributed by atoms with Gasteiger partial charge in [0.25, 0.3) is 0 Å². The van der Waals surface area contributed by atoms with Crippen LogP contribution < -0.4 is 0 Å². The number of benzene rings is 1. The molecule has 130 valence electrons. The highest BCUT2D eigenvalue weighted by Gasteiger charge is 2.16. The Balaban J connectivity index is 1.86. The fourth-order valence-electron chi connectivity index (χ4n) is 3.00. The number of rotatable bonds is 4. The first-order valence-corrected chi connectivity index (χ1v) is 8.26. The van der Waals surface area contributed by atoms with E-state index in [1.54, 1.807) is 12.3 Å². The standard InChI is InChI=1S/C19H17N5O2/c1-3-24-17(13-6-4-5-12(9-13)15-7-8-21-23-15)22-16-10-14(19(25)26-2)11-20-18(16)24/h4-11H,3H2,1-2H3,(H,21,23). The number of pyridine rings is 1. The Hall–Kier alpha value is -3.48. The molecule has 0 unspecified atom stereocenters. The summed E-state index contributed by atoms with van der Waals surface area (Å²) in [4.78, 5) is 20.9. The zero-order chi connectivity index (χ0) is 18.1.